The zero-order chi connectivity index (χ0) is 18.7. The van der Waals surface area contributed by atoms with Gasteiger partial charge in [-0.05, 0) is 78.0 Å². The number of hydrogen-bond acceptors (Lipinski definition) is 2. The number of fused-ring (bicyclic) bond motifs is 1. The number of aliphatic hydroxyl groups excluding tert-OH is 1. The van der Waals surface area contributed by atoms with Crippen molar-refractivity contribution in [3.63, 3.8) is 0 Å². The van der Waals surface area contributed by atoms with E-state index in [4.69, 9.17) is 4.74 Å². The maximum absolute atomic E-state index is 9.64. The highest BCUT2D eigenvalue weighted by Crippen LogP contribution is 2.46. The molecule has 2 aromatic rings. The predicted molar refractivity (Wildman–Crippen MR) is 110 cm³/mol. The summed E-state index contributed by atoms with van der Waals surface area (Å²) >= 11 is 0. The first kappa shape index (κ1) is 18.7. The van der Waals surface area contributed by atoms with Crippen LogP contribution in [-0.4, -0.2) is 18.3 Å². The first-order valence-corrected chi connectivity index (χ1v) is 10.5. The number of rotatable bonds is 6. The number of ether oxygens (including phenoxy) is 1. The normalized spacial score (nSPS) is 27.5. The Morgan fingerprint density at radius 3 is 2.70 bits per heavy atom. The Morgan fingerprint density at radius 1 is 1.07 bits per heavy atom. The molecule has 4 rings (SSSR count). The van der Waals surface area contributed by atoms with E-state index in [0.717, 1.165) is 25.9 Å². The predicted octanol–water partition coefficient (Wildman–Crippen LogP) is 5.27. The third kappa shape index (κ3) is 4.44. The summed E-state index contributed by atoms with van der Waals surface area (Å²) in [6.45, 7) is 4.12. The summed E-state index contributed by atoms with van der Waals surface area (Å²) in [7, 11) is 0. The molecule has 1 fully saturated rings. The maximum atomic E-state index is 9.64. The van der Waals surface area contributed by atoms with Crippen molar-refractivity contribution >= 4 is 0 Å². The third-order valence-electron chi connectivity index (χ3n) is 6.71. The molecule has 144 valence electrons. The van der Waals surface area contributed by atoms with Gasteiger partial charge in [0.25, 0.3) is 0 Å². The molecule has 2 aliphatic rings. The Balaban J connectivity index is 1.33. The molecule has 2 nitrogen and oxygen atoms in total. The SMILES string of the molecule is C[C@]1(CO)CC[C@H](c2ccc3c(c2)CC[C@H](COCc2ccccc2)C3)C1. The average molecular weight is 365 g/mol. The molecule has 0 saturated heterocycles. The second-order valence-corrected chi connectivity index (χ2v) is 9.05. The van der Waals surface area contributed by atoms with Crippen LogP contribution < -0.4 is 0 Å². The van der Waals surface area contributed by atoms with Gasteiger partial charge in [-0.2, -0.15) is 0 Å². The van der Waals surface area contributed by atoms with Crippen LogP contribution in [0.3, 0.4) is 0 Å². The third-order valence-corrected chi connectivity index (χ3v) is 6.71. The van der Waals surface area contributed by atoms with Crippen molar-refractivity contribution in [3.8, 4) is 0 Å². The fraction of sp³-hybridized carbons (Fsp3) is 0.520. The Morgan fingerprint density at radius 2 is 1.93 bits per heavy atom. The average Bonchev–Trinajstić information content (AvgIpc) is 3.11. The lowest BCUT2D eigenvalue weighted by Crippen LogP contribution is -2.19. The van der Waals surface area contributed by atoms with Gasteiger partial charge in [-0.1, -0.05) is 55.5 Å². The molecule has 1 saturated carbocycles. The fourth-order valence-electron chi connectivity index (χ4n) is 4.91. The molecular weight excluding hydrogens is 332 g/mol. The molecule has 1 N–H and O–H groups in total. The van der Waals surface area contributed by atoms with Crippen molar-refractivity contribution in [2.24, 2.45) is 11.3 Å². The first-order chi connectivity index (χ1) is 13.1. The fourth-order valence-corrected chi connectivity index (χ4v) is 4.91. The highest BCUT2D eigenvalue weighted by atomic mass is 16.5. The van der Waals surface area contributed by atoms with E-state index >= 15 is 0 Å². The Kier molecular flexibility index (Phi) is 5.66. The van der Waals surface area contributed by atoms with E-state index in [1.165, 1.54) is 36.0 Å². The van der Waals surface area contributed by atoms with Crippen LogP contribution in [0.1, 0.15) is 60.8 Å². The van der Waals surface area contributed by atoms with E-state index in [0.29, 0.717) is 25.0 Å². The Labute approximate surface area is 163 Å². The number of aliphatic hydroxyl groups is 1. The van der Waals surface area contributed by atoms with Gasteiger partial charge >= 0.3 is 0 Å². The van der Waals surface area contributed by atoms with Crippen LogP contribution in [0.5, 0.6) is 0 Å². The molecule has 27 heavy (non-hydrogen) atoms. The molecule has 0 aliphatic heterocycles. The first-order valence-electron chi connectivity index (χ1n) is 10.5. The van der Waals surface area contributed by atoms with Gasteiger partial charge in [0.1, 0.15) is 0 Å². The lowest BCUT2D eigenvalue weighted by Gasteiger charge is -2.26. The van der Waals surface area contributed by atoms with Crippen molar-refractivity contribution in [2.45, 2.75) is 58.0 Å². The molecule has 0 radical (unpaired) electrons. The Hall–Kier alpha value is -1.64. The number of benzene rings is 2. The standard InChI is InChI=1S/C25H32O2/c1-25(18-26)12-11-24(15-25)23-10-9-21-13-20(7-8-22(21)14-23)17-27-16-19-5-3-2-4-6-19/h2-6,9-10,14,20,24,26H,7-8,11-13,15-18H2,1H3/t20-,24-,25-/m0/s1. The summed E-state index contributed by atoms with van der Waals surface area (Å²) in [6.07, 6.45) is 7.02. The summed E-state index contributed by atoms with van der Waals surface area (Å²) in [5, 5.41) is 9.64. The van der Waals surface area contributed by atoms with Gasteiger partial charge < -0.3 is 9.84 Å². The van der Waals surface area contributed by atoms with E-state index in [2.05, 4.69) is 49.4 Å². The molecular formula is C25H32O2. The number of hydrogen-bond donors (Lipinski definition) is 1. The molecule has 2 aliphatic carbocycles. The van der Waals surface area contributed by atoms with Crippen molar-refractivity contribution in [2.75, 3.05) is 13.2 Å². The lowest BCUT2D eigenvalue weighted by molar-refractivity contribution is 0.0823. The maximum Gasteiger partial charge on any atom is 0.0717 e. The molecule has 2 heteroatoms. The van der Waals surface area contributed by atoms with Crippen molar-refractivity contribution in [1.29, 1.82) is 0 Å². The molecule has 0 bridgehead atoms. The van der Waals surface area contributed by atoms with Crippen LogP contribution >= 0.6 is 0 Å². The van der Waals surface area contributed by atoms with E-state index in [-0.39, 0.29) is 5.41 Å². The summed E-state index contributed by atoms with van der Waals surface area (Å²) in [6, 6.07) is 17.6. The Bertz CT molecular complexity index is 754. The minimum Gasteiger partial charge on any atom is -0.396 e. The topological polar surface area (TPSA) is 29.5 Å². The quantitative estimate of drug-likeness (QED) is 0.756. The molecule has 0 aromatic heterocycles. The van der Waals surface area contributed by atoms with E-state index in [9.17, 15) is 5.11 Å². The van der Waals surface area contributed by atoms with Crippen molar-refractivity contribution < 1.29 is 9.84 Å². The monoisotopic (exact) mass is 364 g/mol. The van der Waals surface area contributed by atoms with Gasteiger partial charge in [-0.15, -0.1) is 0 Å². The van der Waals surface area contributed by atoms with E-state index in [1.54, 1.807) is 5.56 Å². The van der Waals surface area contributed by atoms with Crippen LogP contribution in [0.15, 0.2) is 48.5 Å². The minimum atomic E-state index is 0.127. The minimum absolute atomic E-state index is 0.127. The molecule has 0 amide bonds. The second-order valence-electron chi connectivity index (χ2n) is 9.05. The highest BCUT2D eigenvalue weighted by molar-refractivity contribution is 5.36. The number of aryl methyl sites for hydroxylation is 1. The zero-order valence-corrected chi connectivity index (χ0v) is 16.5. The van der Waals surface area contributed by atoms with E-state index in [1.807, 2.05) is 6.07 Å². The summed E-state index contributed by atoms with van der Waals surface area (Å²) in [5.74, 6) is 1.26. The van der Waals surface area contributed by atoms with E-state index < -0.39 is 0 Å². The van der Waals surface area contributed by atoms with Gasteiger partial charge in [0.05, 0.1) is 13.2 Å². The highest BCUT2D eigenvalue weighted by Gasteiger charge is 2.35. The molecule has 0 unspecified atom stereocenters. The summed E-state index contributed by atoms with van der Waals surface area (Å²) in [4.78, 5) is 0. The largest absolute Gasteiger partial charge is 0.396 e. The van der Waals surface area contributed by atoms with Gasteiger partial charge in [0.15, 0.2) is 0 Å². The van der Waals surface area contributed by atoms with Gasteiger partial charge in [0.2, 0.25) is 0 Å². The van der Waals surface area contributed by atoms with Gasteiger partial charge in [-0.25, -0.2) is 0 Å². The van der Waals surface area contributed by atoms with Crippen LogP contribution in [-0.2, 0) is 24.2 Å². The summed E-state index contributed by atoms with van der Waals surface area (Å²) in [5.41, 5.74) is 5.93. The molecule has 2 aromatic carbocycles. The lowest BCUT2D eigenvalue weighted by atomic mass is 9.81. The molecule has 0 heterocycles. The van der Waals surface area contributed by atoms with Crippen molar-refractivity contribution in [1.82, 2.24) is 0 Å². The van der Waals surface area contributed by atoms with Gasteiger partial charge in [-0.3, -0.25) is 0 Å². The smallest absolute Gasteiger partial charge is 0.0717 e. The van der Waals surface area contributed by atoms with Gasteiger partial charge in [0, 0.05) is 6.61 Å². The van der Waals surface area contributed by atoms with Crippen LogP contribution in [0.2, 0.25) is 0 Å². The van der Waals surface area contributed by atoms with Crippen LogP contribution in [0, 0.1) is 11.3 Å². The molecule has 0 spiro atoms. The molecule has 3 atom stereocenters. The summed E-state index contributed by atoms with van der Waals surface area (Å²) < 4.78 is 5.99. The van der Waals surface area contributed by atoms with Crippen LogP contribution in [0.25, 0.3) is 0 Å². The zero-order valence-electron chi connectivity index (χ0n) is 16.5. The van der Waals surface area contributed by atoms with Crippen LogP contribution in [0.4, 0.5) is 0 Å². The van der Waals surface area contributed by atoms with Crippen molar-refractivity contribution in [3.05, 3.63) is 70.8 Å². The second kappa shape index (κ2) is 8.16.